The summed E-state index contributed by atoms with van der Waals surface area (Å²) in [5, 5.41) is 0. The number of amidine groups is 1. The quantitative estimate of drug-likeness (QED) is 0.655. The highest BCUT2D eigenvalue weighted by atomic mass is 19.4. The molecule has 2 atom stereocenters. The van der Waals surface area contributed by atoms with Gasteiger partial charge in [0.05, 0.1) is 11.3 Å². The van der Waals surface area contributed by atoms with Gasteiger partial charge in [0.1, 0.15) is 5.84 Å². The number of aliphatic imine (C=N–C) groups is 1. The third kappa shape index (κ3) is 1.54. The first-order valence-corrected chi connectivity index (χ1v) is 6.26. The van der Waals surface area contributed by atoms with Crippen molar-refractivity contribution in [3.63, 3.8) is 0 Å². The lowest BCUT2D eigenvalue weighted by molar-refractivity contribution is -0.137. The Bertz CT molecular complexity index is 616. The van der Waals surface area contributed by atoms with E-state index in [0.29, 0.717) is 18.3 Å². The molecule has 0 amide bonds. The highest BCUT2D eigenvalue weighted by Crippen LogP contribution is 2.42. The van der Waals surface area contributed by atoms with Crippen molar-refractivity contribution in [2.24, 2.45) is 10.9 Å². The van der Waals surface area contributed by atoms with Gasteiger partial charge in [0.15, 0.2) is 0 Å². The molecule has 0 spiro atoms. The Morgan fingerprint density at radius 1 is 1.21 bits per heavy atom. The van der Waals surface area contributed by atoms with Crippen LogP contribution in [0.3, 0.4) is 0 Å². The number of benzene rings is 1. The largest absolute Gasteiger partial charge is 0.416 e. The van der Waals surface area contributed by atoms with Gasteiger partial charge in [0.2, 0.25) is 0 Å². The summed E-state index contributed by atoms with van der Waals surface area (Å²) in [5.41, 5.74) is 0.725. The van der Waals surface area contributed by atoms with Crippen LogP contribution in [0, 0.1) is 5.92 Å². The molecule has 2 aliphatic heterocycles. The predicted molar refractivity (Wildman–Crippen MR) is 65.1 cm³/mol. The number of rotatable bonds is 0. The molecule has 3 aliphatic rings. The average Bonchev–Trinajstić information content (AvgIpc) is 2.96. The maximum absolute atomic E-state index is 12.7. The minimum atomic E-state index is -4.30. The smallest absolute Gasteiger partial charge is 0.349 e. The van der Waals surface area contributed by atoms with E-state index in [2.05, 4.69) is 22.0 Å². The normalized spacial score (nSPS) is 27.3. The first-order valence-electron chi connectivity index (χ1n) is 6.26. The Hall–Kier alpha value is -1.78. The third-order valence-corrected chi connectivity index (χ3v) is 4.08. The van der Waals surface area contributed by atoms with Crippen LogP contribution in [0.2, 0.25) is 0 Å². The highest BCUT2D eigenvalue weighted by Gasteiger charge is 2.41. The average molecular weight is 264 g/mol. The number of hydrogen-bond acceptors (Lipinski definition) is 2. The van der Waals surface area contributed by atoms with Gasteiger partial charge in [0, 0.05) is 18.5 Å². The van der Waals surface area contributed by atoms with Gasteiger partial charge in [-0.1, -0.05) is 18.2 Å². The minimum Gasteiger partial charge on any atom is -0.349 e. The van der Waals surface area contributed by atoms with Gasteiger partial charge >= 0.3 is 6.18 Å². The van der Waals surface area contributed by atoms with E-state index < -0.39 is 11.7 Å². The van der Waals surface area contributed by atoms with Crippen molar-refractivity contribution in [2.75, 3.05) is 0 Å². The van der Waals surface area contributed by atoms with Crippen LogP contribution in [0.4, 0.5) is 18.9 Å². The van der Waals surface area contributed by atoms with Crippen molar-refractivity contribution in [1.82, 2.24) is 4.90 Å². The summed E-state index contributed by atoms with van der Waals surface area (Å²) in [6.45, 7) is 0.664. The fraction of sp³-hybridized carbons (Fsp3) is 0.357. The van der Waals surface area contributed by atoms with Gasteiger partial charge < -0.3 is 4.90 Å². The lowest BCUT2D eigenvalue weighted by atomic mass is 10.0. The topological polar surface area (TPSA) is 15.6 Å². The summed E-state index contributed by atoms with van der Waals surface area (Å²) in [4.78, 5) is 6.65. The van der Waals surface area contributed by atoms with Crippen molar-refractivity contribution in [3.05, 3.63) is 41.5 Å². The molecule has 2 bridgehead atoms. The molecule has 4 rings (SSSR count). The molecule has 0 radical (unpaired) electrons. The zero-order valence-electron chi connectivity index (χ0n) is 9.98. The molecular formula is C14H11F3N2. The third-order valence-electron chi connectivity index (χ3n) is 4.08. The first kappa shape index (κ1) is 11.1. The predicted octanol–water partition coefficient (Wildman–Crippen LogP) is 3.51. The molecule has 2 nitrogen and oxygen atoms in total. The standard InChI is InChI=1S/C14H11F3N2/c15-14(16,17)10-3-1-9-7-19-11-4-2-8(5-11)13(19)18-12(9)6-10/h1-4,6,8,11H,5,7H2. The summed E-state index contributed by atoms with van der Waals surface area (Å²) in [7, 11) is 0. The second-order valence-corrected chi connectivity index (χ2v) is 5.23. The molecule has 5 heteroatoms. The molecule has 19 heavy (non-hydrogen) atoms. The van der Waals surface area contributed by atoms with Crippen molar-refractivity contribution >= 4 is 11.5 Å². The van der Waals surface area contributed by atoms with E-state index in [9.17, 15) is 13.2 Å². The number of alkyl halides is 3. The zero-order valence-corrected chi connectivity index (χ0v) is 9.98. The van der Waals surface area contributed by atoms with Crippen LogP contribution in [0.1, 0.15) is 17.5 Å². The van der Waals surface area contributed by atoms with Crippen molar-refractivity contribution < 1.29 is 13.2 Å². The Morgan fingerprint density at radius 3 is 2.84 bits per heavy atom. The van der Waals surface area contributed by atoms with E-state index in [1.54, 1.807) is 6.07 Å². The van der Waals surface area contributed by atoms with E-state index >= 15 is 0 Å². The molecule has 1 aromatic rings. The van der Waals surface area contributed by atoms with Crippen LogP contribution in [0.5, 0.6) is 0 Å². The SMILES string of the molecule is FC(F)(F)c1ccc2c(c1)N=C1C3C=CC(C3)N1C2. The second-order valence-electron chi connectivity index (χ2n) is 5.23. The molecule has 0 N–H and O–H groups in total. The van der Waals surface area contributed by atoms with Gasteiger partial charge in [-0.3, -0.25) is 0 Å². The minimum absolute atomic E-state index is 0.285. The highest BCUT2D eigenvalue weighted by molar-refractivity contribution is 5.93. The van der Waals surface area contributed by atoms with E-state index in [1.165, 1.54) is 0 Å². The fourth-order valence-corrected chi connectivity index (χ4v) is 3.12. The molecule has 0 aromatic heterocycles. The molecule has 2 heterocycles. The summed E-state index contributed by atoms with van der Waals surface area (Å²) in [6, 6.07) is 4.23. The molecule has 1 aliphatic carbocycles. The molecular weight excluding hydrogens is 253 g/mol. The number of fused-ring (bicyclic) bond motifs is 6. The van der Waals surface area contributed by atoms with Crippen molar-refractivity contribution in [2.45, 2.75) is 25.2 Å². The maximum atomic E-state index is 12.7. The Labute approximate surface area is 108 Å². The van der Waals surface area contributed by atoms with E-state index in [1.807, 2.05) is 0 Å². The molecule has 1 saturated heterocycles. The molecule has 2 unspecified atom stereocenters. The summed E-state index contributed by atoms with van der Waals surface area (Å²) in [5.74, 6) is 1.21. The van der Waals surface area contributed by atoms with Gasteiger partial charge in [-0.2, -0.15) is 13.2 Å². The first-order chi connectivity index (χ1) is 9.02. The van der Waals surface area contributed by atoms with Crippen molar-refractivity contribution in [3.8, 4) is 0 Å². The molecule has 0 saturated carbocycles. The van der Waals surface area contributed by atoms with E-state index in [-0.39, 0.29) is 5.92 Å². The molecule has 1 aromatic carbocycles. The summed E-state index contributed by atoms with van der Waals surface area (Å²) >= 11 is 0. The Morgan fingerprint density at radius 2 is 2.05 bits per heavy atom. The van der Waals surface area contributed by atoms with Crippen LogP contribution in [-0.4, -0.2) is 16.8 Å². The monoisotopic (exact) mass is 264 g/mol. The number of nitrogens with zero attached hydrogens (tertiary/aromatic N) is 2. The molecule has 1 fully saturated rings. The van der Waals surface area contributed by atoms with Gasteiger partial charge in [0.25, 0.3) is 0 Å². The Balaban J connectivity index is 1.80. The van der Waals surface area contributed by atoms with Crippen LogP contribution in [-0.2, 0) is 12.7 Å². The Kier molecular flexibility index (Phi) is 1.99. The maximum Gasteiger partial charge on any atom is 0.416 e. The number of hydrogen-bond donors (Lipinski definition) is 0. The van der Waals surface area contributed by atoms with Crippen LogP contribution in [0.15, 0.2) is 35.3 Å². The lowest BCUT2D eigenvalue weighted by Crippen LogP contribution is -2.36. The fourth-order valence-electron chi connectivity index (χ4n) is 3.12. The van der Waals surface area contributed by atoms with Gasteiger partial charge in [-0.05, 0) is 24.1 Å². The van der Waals surface area contributed by atoms with Crippen LogP contribution < -0.4 is 0 Å². The lowest BCUT2D eigenvalue weighted by Gasteiger charge is -2.31. The number of halogens is 3. The van der Waals surface area contributed by atoms with Crippen LogP contribution in [0.25, 0.3) is 0 Å². The summed E-state index contributed by atoms with van der Waals surface area (Å²) < 4.78 is 38.1. The van der Waals surface area contributed by atoms with Gasteiger partial charge in [-0.15, -0.1) is 0 Å². The summed E-state index contributed by atoms with van der Waals surface area (Å²) in [6.07, 6.45) is 0.983. The second kappa shape index (κ2) is 3.40. The zero-order chi connectivity index (χ0) is 13.2. The van der Waals surface area contributed by atoms with Gasteiger partial charge in [-0.25, -0.2) is 4.99 Å². The van der Waals surface area contributed by atoms with E-state index in [4.69, 9.17) is 0 Å². The van der Waals surface area contributed by atoms with E-state index in [0.717, 1.165) is 30.0 Å². The van der Waals surface area contributed by atoms with Crippen molar-refractivity contribution in [1.29, 1.82) is 0 Å². The molecule has 98 valence electrons. The van der Waals surface area contributed by atoms with Crippen LogP contribution >= 0.6 is 0 Å².